The maximum absolute atomic E-state index is 13.0. The molecule has 0 atom stereocenters. The van der Waals surface area contributed by atoms with E-state index in [0.29, 0.717) is 42.8 Å². The molecule has 0 spiro atoms. The van der Waals surface area contributed by atoms with Crippen molar-refractivity contribution >= 4 is 26.8 Å². The van der Waals surface area contributed by atoms with E-state index < -0.39 is 10.0 Å². The molecule has 0 radical (unpaired) electrons. The standard InChI is InChI=1S/C26H30N4O4S/c31-25(15-14-24-28-23-7-3-2-6-22(23)26(32)30(24)20-10-11-20)27-18-19-8-12-21(13-9-19)35(33,34)29-16-4-1-5-17-29/h2-3,6-9,12-13,20H,1,4-5,10-11,14-18H2,(H,27,31). The van der Waals surface area contributed by atoms with Crippen molar-refractivity contribution in [3.8, 4) is 0 Å². The largest absolute Gasteiger partial charge is 0.352 e. The first-order valence-electron chi connectivity index (χ1n) is 12.3. The predicted molar refractivity (Wildman–Crippen MR) is 133 cm³/mol. The summed E-state index contributed by atoms with van der Waals surface area (Å²) < 4.78 is 28.9. The quantitative estimate of drug-likeness (QED) is 0.518. The van der Waals surface area contributed by atoms with Gasteiger partial charge in [0.2, 0.25) is 15.9 Å². The molecular formula is C26H30N4O4S. The summed E-state index contributed by atoms with van der Waals surface area (Å²) in [6.45, 7) is 1.45. The van der Waals surface area contributed by atoms with E-state index >= 15 is 0 Å². The normalized spacial score (nSPS) is 16.9. The summed E-state index contributed by atoms with van der Waals surface area (Å²) in [6, 6.07) is 14.2. The Morgan fingerprint density at radius 3 is 2.43 bits per heavy atom. The average Bonchev–Trinajstić information content (AvgIpc) is 3.72. The van der Waals surface area contributed by atoms with E-state index in [-0.39, 0.29) is 28.8 Å². The van der Waals surface area contributed by atoms with E-state index in [1.807, 2.05) is 18.2 Å². The van der Waals surface area contributed by atoms with Gasteiger partial charge in [-0.25, -0.2) is 13.4 Å². The van der Waals surface area contributed by atoms with Crippen LogP contribution < -0.4 is 10.9 Å². The summed E-state index contributed by atoms with van der Waals surface area (Å²) in [5.41, 5.74) is 1.45. The number of piperidine rings is 1. The van der Waals surface area contributed by atoms with Crippen LogP contribution in [0.25, 0.3) is 10.9 Å². The molecule has 1 amide bonds. The van der Waals surface area contributed by atoms with Gasteiger partial charge in [-0.05, 0) is 55.5 Å². The lowest BCUT2D eigenvalue weighted by Crippen LogP contribution is -2.35. The summed E-state index contributed by atoms with van der Waals surface area (Å²) in [5.74, 6) is 0.512. The third-order valence-corrected chi connectivity index (χ3v) is 8.65. The summed E-state index contributed by atoms with van der Waals surface area (Å²) in [4.78, 5) is 30.5. The van der Waals surface area contributed by atoms with Crippen LogP contribution in [-0.4, -0.2) is 41.3 Å². The summed E-state index contributed by atoms with van der Waals surface area (Å²) >= 11 is 0. The van der Waals surface area contributed by atoms with Crippen molar-refractivity contribution < 1.29 is 13.2 Å². The lowest BCUT2D eigenvalue weighted by molar-refractivity contribution is -0.121. The number of amides is 1. The van der Waals surface area contributed by atoms with Crippen molar-refractivity contribution in [1.29, 1.82) is 0 Å². The zero-order valence-electron chi connectivity index (χ0n) is 19.7. The second-order valence-corrected chi connectivity index (χ2v) is 11.3. The monoisotopic (exact) mass is 494 g/mol. The second-order valence-electron chi connectivity index (χ2n) is 9.34. The van der Waals surface area contributed by atoms with Crippen LogP contribution >= 0.6 is 0 Å². The van der Waals surface area contributed by atoms with Gasteiger partial charge in [0, 0.05) is 38.5 Å². The van der Waals surface area contributed by atoms with Gasteiger partial charge in [0.25, 0.3) is 5.56 Å². The summed E-state index contributed by atoms with van der Waals surface area (Å²) in [5, 5.41) is 3.50. The number of aryl methyl sites for hydroxylation is 1. The van der Waals surface area contributed by atoms with Crippen LogP contribution in [0.4, 0.5) is 0 Å². The van der Waals surface area contributed by atoms with Gasteiger partial charge in [-0.15, -0.1) is 0 Å². The maximum atomic E-state index is 13.0. The Morgan fingerprint density at radius 2 is 1.71 bits per heavy atom. The van der Waals surface area contributed by atoms with Crippen LogP contribution in [0, 0.1) is 0 Å². The Hall–Kier alpha value is -3.04. The molecule has 2 aliphatic rings. The topological polar surface area (TPSA) is 101 Å². The molecule has 5 rings (SSSR count). The highest BCUT2D eigenvalue weighted by Crippen LogP contribution is 2.35. The van der Waals surface area contributed by atoms with E-state index in [1.165, 1.54) is 0 Å². The lowest BCUT2D eigenvalue weighted by Gasteiger charge is -2.25. The van der Waals surface area contributed by atoms with Gasteiger partial charge in [-0.1, -0.05) is 30.7 Å². The van der Waals surface area contributed by atoms with Crippen molar-refractivity contribution in [1.82, 2.24) is 19.2 Å². The Kier molecular flexibility index (Phi) is 6.71. The smallest absolute Gasteiger partial charge is 0.261 e. The van der Waals surface area contributed by atoms with Gasteiger partial charge in [0.1, 0.15) is 5.82 Å². The minimum absolute atomic E-state index is 0.0342. The molecular weight excluding hydrogens is 464 g/mol. The second kappa shape index (κ2) is 9.91. The molecule has 8 nitrogen and oxygen atoms in total. The van der Waals surface area contributed by atoms with Crippen LogP contribution in [0.5, 0.6) is 0 Å². The lowest BCUT2D eigenvalue weighted by atomic mass is 10.2. The van der Waals surface area contributed by atoms with E-state index in [9.17, 15) is 18.0 Å². The van der Waals surface area contributed by atoms with Crippen molar-refractivity contribution in [2.75, 3.05) is 13.1 Å². The van der Waals surface area contributed by atoms with Crippen molar-refractivity contribution in [3.63, 3.8) is 0 Å². The molecule has 1 saturated heterocycles. The minimum Gasteiger partial charge on any atom is -0.352 e. The first kappa shape index (κ1) is 23.7. The Bertz CT molecular complexity index is 1390. The molecule has 3 aromatic rings. The number of carbonyl (C=O) groups excluding carboxylic acids is 1. The molecule has 184 valence electrons. The van der Waals surface area contributed by atoms with Crippen molar-refractivity contribution in [2.24, 2.45) is 0 Å². The maximum Gasteiger partial charge on any atom is 0.261 e. The zero-order valence-corrected chi connectivity index (χ0v) is 20.5. The molecule has 2 fully saturated rings. The molecule has 35 heavy (non-hydrogen) atoms. The Morgan fingerprint density at radius 1 is 1.00 bits per heavy atom. The average molecular weight is 495 g/mol. The van der Waals surface area contributed by atoms with E-state index in [0.717, 1.165) is 37.7 Å². The highest BCUT2D eigenvalue weighted by molar-refractivity contribution is 7.89. The number of benzene rings is 2. The highest BCUT2D eigenvalue weighted by atomic mass is 32.2. The number of aromatic nitrogens is 2. The SMILES string of the molecule is O=C(CCc1nc2ccccc2c(=O)n1C1CC1)NCc1ccc(S(=O)(=O)N2CCCCC2)cc1. The summed E-state index contributed by atoms with van der Waals surface area (Å²) in [6.07, 6.45) is 5.39. The third-order valence-electron chi connectivity index (χ3n) is 6.73. The van der Waals surface area contributed by atoms with Gasteiger partial charge in [-0.3, -0.25) is 14.2 Å². The van der Waals surface area contributed by atoms with Crippen LogP contribution in [-0.2, 0) is 27.8 Å². The van der Waals surface area contributed by atoms with Crippen molar-refractivity contribution in [3.05, 3.63) is 70.3 Å². The fourth-order valence-corrected chi connectivity index (χ4v) is 6.14. The third kappa shape index (κ3) is 5.16. The molecule has 2 heterocycles. The minimum atomic E-state index is -3.46. The van der Waals surface area contributed by atoms with Gasteiger partial charge in [0.15, 0.2) is 0 Å². The van der Waals surface area contributed by atoms with Gasteiger partial charge in [-0.2, -0.15) is 4.31 Å². The Balaban J connectivity index is 1.20. The molecule has 2 aromatic carbocycles. The number of fused-ring (bicyclic) bond motifs is 1. The van der Waals surface area contributed by atoms with Gasteiger partial charge < -0.3 is 5.32 Å². The van der Waals surface area contributed by atoms with Gasteiger partial charge >= 0.3 is 0 Å². The van der Waals surface area contributed by atoms with E-state index in [2.05, 4.69) is 10.3 Å². The predicted octanol–water partition coefficient (Wildman–Crippen LogP) is 3.16. The van der Waals surface area contributed by atoms with E-state index in [1.54, 1.807) is 39.2 Å². The van der Waals surface area contributed by atoms with Crippen molar-refractivity contribution in [2.45, 2.75) is 62.4 Å². The first-order chi connectivity index (χ1) is 16.9. The van der Waals surface area contributed by atoms with Crippen LogP contribution in [0.15, 0.2) is 58.2 Å². The number of rotatable bonds is 8. The van der Waals surface area contributed by atoms with Crippen LogP contribution in [0.2, 0.25) is 0 Å². The fourth-order valence-electron chi connectivity index (χ4n) is 4.63. The fraction of sp³-hybridized carbons (Fsp3) is 0.423. The molecule has 1 saturated carbocycles. The summed E-state index contributed by atoms with van der Waals surface area (Å²) in [7, 11) is -3.46. The number of hydrogen-bond donors (Lipinski definition) is 1. The van der Waals surface area contributed by atoms with Crippen LogP contribution in [0.3, 0.4) is 0 Å². The molecule has 1 aliphatic carbocycles. The molecule has 0 unspecified atom stereocenters. The molecule has 1 aliphatic heterocycles. The van der Waals surface area contributed by atoms with E-state index in [4.69, 9.17) is 0 Å². The number of nitrogens with zero attached hydrogens (tertiary/aromatic N) is 3. The highest BCUT2D eigenvalue weighted by Gasteiger charge is 2.28. The number of para-hydroxylation sites is 1. The number of hydrogen-bond acceptors (Lipinski definition) is 5. The molecule has 1 aromatic heterocycles. The van der Waals surface area contributed by atoms with Crippen LogP contribution in [0.1, 0.15) is 56.0 Å². The molecule has 1 N–H and O–H groups in total. The number of nitrogens with one attached hydrogen (secondary N) is 1. The zero-order chi connectivity index (χ0) is 24.4. The van der Waals surface area contributed by atoms with Gasteiger partial charge in [0.05, 0.1) is 15.8 Å². The number of sulfonamides is 1. The first-order valence-corrected chi connectivity index (χ1v) is 13.7. The molecule has 9 heteroatoms. The molecule has 0 bridgehead atoms. The number of carbonyl (C=O) groups is 1. The Labute approximate surface area is 205 Å².